The molecule has 0 saturated heterocycles. The maximum Gasteiger partial charge on any atom is 0.144 e. The Labute approximate surface area is 82.2 Å². The number of halogens is 2. The maximum atomic E-state index is 5.79. The van der Waals surface area contributed by atoms with E-state index in [2.05, 4.69) is 5.43 Å². The van der Waals surface area contributed by atoms with E-state index >= 15 is 0 Å². The Morgan fingerprint density at radius 3 is 2.58 bits per heavy atom. The zero-order chi connectivity index (χ0) is 8.27. The molecule has 0 amide bonds. The molecule has 1 aromatic rings. The van der Waals surface area contributed by atoms with Gasteiger partial charge in [-0.3, -0.25) is 5.84 Å². The van der Waals surface area contributed by atoms with Crippen molar-refractivity contribution in [3.05, 3.63) is 23.2 Å². The Kier molecular flexibility index (Phi) is 4.81. The highest BCUT2D eigenvalue weighted by Crippen LogP contribution is 2.30. The third kappa shape index (κ3) is 2.17. The summed E-state index contributed by atoms with van der Waals surface area (Å²) in [6, 6.07) is 5.31. The van der Waals surface area contributed by atoms with Gasteiger partial charge in [0.1, 0.15) is 11.4 Å². The molecule has 5 heteroatoms. The number of hydrogen-bond acceptors (Lipinski definition) is 3. The van der Waals surface area contributed by atoms with E-state index in [1.807, 2.05) is 0 Å². The van der Waals surface area contributed by atoms with E-state index in [0.29, 0.717) is 16.5 Å². The van der Waals surface area contributed by atoms with Gasteiger partial charge in [0.05, 0.1) is 12.1 Å². The van der Waals surface area contributed by atoms with Gasteiger partial charge in [-0.25, -0.2) is 0 Å². The van der Waals surface area contributed by atoms with Crippen molar-refractivity contribution in [2.24, 2.45) is 5.84 Å². The fourth-order valence-corrected chi connectivity index (χ4v) is 1.03. The van der Waals surface area contributed by atoms with Crippen LogP contribution < -0.4 is 16.0 Å². The molecule has 1 rings (SSSR count). The van der Waals surface area contributed by atoms with Crippen LogP contribution in [-0.4, -0.2) is 7.11 Å². The molecule has 3 N–H and O–H groups in total. The smallest absolute Gasteiger partial charge is 0.144 e. The number of hydrogen-bond donors (Lipinski definition) is 2. The van der Waals surface area contributed by atoms with Gasteiger partial charge in [-0.15, -0.1) is 12.4 Å². The molecule has 1 aromatic carbocycles. The lowest BCUT2D eigenvalue weighted by Gasteiger charge is -2.07. The van der Waals surface area contributed by atoms with Gasteiger partial charge in [-0.1, -0.05) is 17.7 Å². The van der Waals surface area contributed by atoms with Gasteiger partial charge in [0.15, 0.2) is 0 Å². The fraction of sp³-hybridized carbons (Fsp3) is 0.143. The molecule has 0 atom stereocenters. The molecule has 0 saturated carbocycles. The minimum absolute atomic E-state index is 0. The number of nitrogens with one attached hydrogen (secondary N) is 1. The van der Waals surface area contributed by atoms with Gasteiger partial charge in [-0.2, -0.15) is 0 Å². The monoisotopic (exact) mass is 208 g/mol. The van der Waals surface area contributed by atoms with E-state index in [0.717, 1.165) is 0 Å². The predicted molar refractivity (Wildman–Crippen MR) is 53.1 cm³/mol. The number of benzene rings is 1. The summed E-state index contributed by atoms with van der Waals surface area (Å²) in [5.74, 6) is 5.85. The van der Waals surface area contributed by atoms with Crippen LogP contribution in [0.3, 0.4) is 0 Å². The van der Waals surface area contributed by atoms with E-state index in [1.54, 1.807) is 25.3 Å². The third-order valence-electron chi connectivity index (χ3n) is 1.34. The predicted octanol–water partition coefficient (Wildman–Crippen LogP) is 2.06. The van der Waals surface area contributed by atoms with Crippen LogP contribution in [0.25, 0.3) is 0 Å². The molecule has 0 aliphatic heterocycles. The summed E-state index contributed by atoms with van der Waals surface area (Å²) < 4.78 is 4.99. The Bertz CT molecular complexity index is 255. The molecule has 0 aliphatic carbocycles. The Morgan fingerprint density at radius 1 is 1.50 bits per heavy atom. The van der Waals surface area contributed by atoms with Gasteiger partial charge >= 0.3 is 0 Å². The summed E-state index contributed by atoms with van der Waals surface area (Å²) in [5, 5.41) is 0.548. The molecular weight excluding hydrogens is 199 g/mol. The summed E-state index contributed by atoms with van der Waals surface area (Å²) in [6.07, 6.45) is 0. The molecular formula is C7H10Cl2N2O. The van der Waals surface area contributed by atoms with Crippen molar-refractivity contribution in [2.75, 3.05) is 12.5 Å². The van der Waals surface area contributed by atoms with Crippen LogP contribution in [0, 0.1) is 0 Å². The molecule has 68 valence electrons. The van der Waals surface area contributed by atoms with E-state index < -0.39 is 0 Å². The lowest BCUT2D eigenvalue weighted by atomic mass is 10.3. The molecule has 0 bridgehead atoms. The van der Waals surface area contributed by atoms with Crippen LogP contribution >= 0.6 is 24.0 Å². The normalized spacial score (nSPS) is 8.58. The second-order valence-corrected chi connectivity index (χ2v) is 2.37. The quantitative estimate of drug-likeness (QED) is 0.578. The minimum Gasteiger partial charge on any atom is -0.494 e. The van der Waals surface area contributed by atoms with E-state index in [4.69, 9.17) is 22.2 Å². The van der Waals surface area contributed by atoms with Gasteiger partial charge in [0.25, 0.3) is 0 Å². The zero-order valence-electron chi connectivity index (χ0n) is 6.50. The van der Waals surface area contributed by atoms with Crippen LogP contribution in [0.5, 0.6) is 5.75 Å². The molecule has 0 radical (unpaired) electrons. The van der Waals surface area contributed by atoms with Crippen LogP contribution in [0.15, 0.2) is 18.2 Å². The summed E-state index contributed by atoms with van der Waals surface area (Å²) in [6.45, 7) is 0. The average Bonchev–Trinajstić information content (AvgIpc) is 2.04. The highest BCUT2D eigenvalue weighted by Gasteiger charge is 2.03. The fourth-order valence-electron chi connectivity index (χ4n) is 0.815. The Morgan fingerprint density at radius 2 is 2.17 bits per heavy atom. The largest absolute Gasteiger partial charge is 0.494 e. The lowest BCUT2D eigenvalue weighted by molar-refractivity contribution is 0.416. The van der Waals surface area contributed by atoms with Crippen molar-refractivity contribution in [1.29, 1.82) is 0 Å². The van der Waals surface area contributed by atoms with E-state index in [9.17, 15) is 0 Å². The van der Waals surface area contributed by atoms with Crippen molar-refractivity contribution in [3.8, 4) is 5.75 Å². The highest BCUT2D eigenvalue weighted by molar-refractivity contribution is 6.33. The molecule has 0 spiro atoms. The number of anilines is 1. The number of rotatable bonds is 2. The third-order valence-corrected chi connectivity index (χ3v) is 1.65. The molecule has 12 heavy (non-hydrogen) atoms. The molecule has 0 fully saturated rings. The number of nitrogens with two attached hydrogens (primary N) is 1. The number of methoxy groups -OCH3 is 1. The minimum atomic E-state index is 0. The average molecular weight is 209 g/mol. The molecule has 0 aliphatic rings. The number of ether oxygens (including phenoxy) is 1. The van der Waals surface area contributed by atoms with Gasteiger partial charge < -0.3 is 10.2 Å². The summed E-state index contributed by atoms with van der Waals surface area (Å²) >= 11 is 5.79. The summed E-state index contributed by atoms with van der Waals surface area (Å²) in [7, 11) is 1.56. The van der Waals surface area contributed by atoms with Gasteiger partial charge in [0.2, 0.25) is 0 Å². The molecule has 3 nitrogen and oxygen atoms in total. The van der Waals surface area contributed by atoms with Crippen LogP contribution in [-0.2, 0) is 0 Å². The van der Waals surface area contributed by atoms with Crippen LogP contribution in [0.1, 0.15) is 0 Å². The standard InChI is InChI=1S/C7H9ClN2O.ClH/c1-11-6-4-2-3-5(8)7(6)10-9;/h2-4,10H,9H2,1H3;1H. The number of para-hydroxylation sites is 1. The van der Waals surface area contributed by atoms with Crippen molar-refractivity contribution in [2.45, 2.75) is 0 Å². The highest BCUT2D eigenvalue weighted by atomic mass is 35.5. The first-order valence-corrected chi connectivity index (χ1v) is 3.46. The molecule has 0 aromatic heterocycles. The number of hydrazine groups is 1. The first-order valence-electron chi connectivity index (χ1n) is 3.08. The van der Waals surface area contributed by atoms with Crippen molar-refractivity contribution >= 4 is 29.7 Å². The topological polar surface area (TPSA) is 47.3 Å². The van der Waals surface area contributed by atoms with Gasteiger partial charge in [0, 0.05) is 0 Å². The zero-order valence-corrected chi connectivity index (χ0v) is 8.08. The van der Waals surface area contributed by atoms with Gasteiger partial charge in [-0.05, 0) is 12.1 Å². The SMILES string of the molecule is COc1cccc(Cl)c1NN.Cl. The summed E-state index contributed by atoms with van der Waals surface area (Å²) in [5.41, 5.74) is 3.07. The Balaban J connectivity index is 0.00000121. The maximum absolute atomic E-state index is 5.79. The van der Waals surface area contributed by atoms with Crippen LogP contribution in [0.4, 0.5) is 5.69 Å². The van der Waals surface area contributed by atoms with E-state index in [1.165, 1.54) is 0 Å². The second-order valence-electron chi connectivity index (χ2n) is 1.96. The Hall–Kier alpha value is -0.640. The summed E-state index contributed by atoms with van der Waals surface area (Å²) in [4.78, 5) is 0. The molecule has 0 heterocycles. The van der Waals surface area contributed by atoms with Crippen molar-refractivity contribution in [1.82, 2.24) is 0 Å². The van der Waals surface area contributed by atoms with Crippen molar-refractivity contribution < 1.29 is 4.74 Å². The van der Waals surface area contributed by atoms with Crippen molar-refractivity contribution in [3.63, 3.8) is 0 Å². The number of nitrogen functional groups attached to an aromatic ring is 1. The van der Waals surface area contributed by atoms with E-state index in [-0.39, 0.29) is 12.4 Å². The first-order chi connectivity index (χ1) is 5.29. The molecule has 0 unspecified atom stereocenters. The van der Waals surface area contributed by atoms with Crippen LogP contribution in [0.2, 0.25) is 5.02 Å². The second kappa shape index (κ2) is 5.09. The first kappa shape index (κ1) is 11.4. The lowest BCUT2D eigenvalue weighted by Crippen LogP contribution is -2.08.